The summed E-state index contributed by atoms with van der Waals surface area (Å²) in [7, 11) is 2.41. The second-order valence-corrected chi connectivity index (χ2v) is 7.98. The highest BCUT2D eigenvalue weighted by atomic mass is 35.5. The lowest BCUT2D eigenvalue weighted by atomic mass is 10.00. The maximum atomic E-state index is 11.8. The highest BCUT2D eigenvalue weighted by Crippen LogP contribution is 2.33. The molecule has 0 saturated carbocycles. The number of Topliss-reactive ketones (excluding diaryl/α,β-unsaturated/α-hetero) is 2. The van der Waals surface area contributed by atoms with E-state index in [4.69, 9.17) is 23.2 Å². The van der Waals surface area contributed by atoms with Crippen LogP contribution in [0.2, 0.25) is 10.0 Å². The molecule has 2 atom stereocenters. The molecule has 0 bridgehead atoms. The number of fused-ring (bicyclic) bond motifs is 2. The Labute approximate surface area is 187 Å². The van der Waals surface area contributed by atoms with Gasteiger partial charge < -0.3 is 14.6 Å². The average molecular weight is 465 g/mol. The predicted molar refractivity (Wildman–Crippen MR) is 111 cm³/mol. The standard InChI is InChI=1S/C11H9ClO4.C11H9ClO3/c1-16-10(14)11(15)5-6-4-7(12)2-3-8(6)9(11)13;1-15-11(14)9-5-6-4-7(12)2-3-8(6)10(9)13/h2-4,15H,5H2,1H3;2-4,9H,5H2,1H3. The first-order valence-corrected chi connectivity index (χ1v) is 9.92. The van der Waals surface area contributed by atoms with Crippen LogP contribution in [0.3, 0.4) is 0 Å². The highest BCUT2D eigenvalue weighted by Gasteiger charge is 2.51. The predicted octanol–water partition coefficient (Wildman–Crippen LogP) is 2.85. The summed E-state index contributed by atoms with van der Waals surface area (Å²) in [4.78, 5) is 46.3. The smallest absolute Gasteiger partial charge is 0.346 e. The van der Waals surface area contributed by atoms with E-state index in [0.717, 1.165) is 12.7 Å². The fourth-order valence-electron chi connectivity index (χ4n) is 3.65. The molecular weight excluding hydrogens is 447 g/mol. The number of carbonyl (C=O) groups is 4. The third kappa shape index (κ3) is 4.21. The Hall–Kier alpha value is -2.74. The molecule has 2 unspecified atom stereocenters. The lowest BCUT2D eigenvalue weighted by Crippen LogP contribution is -2.45. The fraction of sp³-hybridized carbons (Fsp3) is 0.273. The van der Waals surface area contributed by atoms with Crippen LogP contribution in [0.5, 0.6) is 0 Å². The van der Waals surface area contributed by atoms with Crippen LogP contribution in [0.1, 0.15) is 31.8 Å². The van der Waals surface area contributed by atoms with E-state index >= 15 is 0 Å². The summed E-state index contributed by atoms with van der Waals surface area (Å²) in [6.07, 6.45) is 0.301. The van der Waals surface area contributed by atoms with Crippen molar-refractivity contribution in [1.29, 1.82) is 0 Å². The van der Waals surface area contributed by atoms with Gasteiger partial charge in [-0.2, -0.15) is 0 Å². The summed E-state index contributed by atoms with van der Waals surface area (Å²) in [6, 6.07) is 9.64. The van der Waals surface area contributed by atoms with E-state index in [0.29, 0.717) is 33.2 Å². The second kappa shape index (κ2) is 8.78. The van der Waals surface area contributed by atoms with E-state index in [9.17, 15) is 24.3 Å². The summed E-state index contributed by atoms with van der Waals surface area (Å²) in [6.45, 7) is 0. The highest BCUT2D eigenvalue weighted by molar-refractivity contribution is 6.31. The summed E-state index contributed by atoms with van der Waals surface area (Å²) < 4.78 is 9.00. The Morgan fingerprint density at radius 3 is 2.13 bits per heavy atom. The molecule has 7 nitrogen and oxygen atoms in total. The van der Waals surface area contributed by atoms with E-state index in [1.807, 2.05) is 0 Å². The number of benzene rings is 2. The molecule has 9 heteroatoms. The lowest BCUT2D eigenvalue weighted by molar-refractivity contribution is -0.156. The van der Waals surface area contributed by atoms with Gasteiger partial charge in [-0.05, 0) is 53.9 Å². The Morgan fingerprint density at radius 2 is 1.55 bits per heavy atom. The maximum Gasteiger partial charge on any atom is 0.346 e. The SMILES string of the molecule is COC(=O)C1(O)Cc2cc(Cl)ccc2C1=O.COC(=O)C1Cc2cc(Cl)ccc2C1=O. The molecule has 0 fully saturated rings. The first-order chi connectivity index (χ1) is 14.6. The number of carbonyl (C=O) groups excluding carboxylic acids is 4. The fourth-order valence-corrected chi connectivity index (χ4v) is 4.04. The molecule has 2 aromatic carbocycles. The van der Waals surface area contributed by atoms with Crippen molar-refractivity contribution in [1.82, 2.24) is 0 Å². The minimum atomic E-state index is -2.10. The van der Waals surface area contributed by atoms with Crippen molar-refractivity contribution in [3.8, 4) is 0 Å². The van der Waals surface area contributed by atoms with E-state index in [2.05, 4.69) is 9.47 Å². The Morgan fingerprint density at radius 1 is 0.968 bits per heavy atom. The van der Waals surface area contributed by atoms with E-state index < -0.39 is 29.2 Å². The van der Waals surface area contributed by atoms with Crippen LogP contribution in [-0.2, 0) is 31.9 Å². The zero-order chi connectivity index (χ0) is 22.9. The molecule has 0 radical (unpaired) electrons. The summed E-state index contributed by atoms with van der Waals surface area (Å²) in [5.74, 6) is -2.92. The average Bonchev–Trinajstić information content (AvgIpc) is 3.20. The van der Waals surface area contributed by atoms with Gasteiger partial charge in [0, 0.05) is 27.6 Å². The van der Waals surface area contributed by atoms with Gasteiger partial charge in [-0.3, -0.25) is 14.4 Å². The van der Waals surface area contributed by atoms with E-state index in [1.165, 1.54) is 13.2 Å². The third-order valence-corrected chi connectivity index (χ3v) is 5.69. The topological polar surface area (TPSA) is 107 Å². The van der Waals surface area contributed by atoms with E-state index in [-0.39, 0.29) is 12.2 Å². The van der Waals surface area contributed by atoms with Gasteiger partial charge in [0.25, 0.3) is 0 Å². The molecule has 162 valence electrons. The van der Waals surface area contributed by atoms with Crippen molar-refractivity contribution < 1.29 is 33.8 Å². The van der Waals surface area contributed by atoms with Crippen LogP contribution in [0, 0.1) is 5.92 Å². The van der Waals surface area contributed by atoms with Gasteiger partial charge in [-0.25, -0.2) is 4.79 Å². The van der Waals surface area contributed by atoms with E-state index in [1.54, 1.807) is 30.3 Å². The minimum absolute atomic E-state index is 0.0889. The normalized spacial score (nSPS) is 21.0. The summed E-state index contributed by atoms with van der Waals surface area (Å²) in [5, 5.41) is 11.0. The van der Waals surface area contributed by atoms with Crippen molar-refractivity contribution in [3.05, 3.63) is 68.7 Å². The maximum absolute atomic E-state index is 11.8. The zero-order valence-corrected chi connectivity index (χ0v) is 18.1. The molecular formula is C22H18Cl2O7. The molecule has 2 aliphatic carbocycles. The molecule has 31 heavy (non-hydrogen) atoms. The van der Waals surface area contributed by atoms with Gasteiger partial charge in [-0.1, -0.05) is 23.2 Å². The van der Waals surface area contributed by atoms with Crippen molar-refractivity contribution in [3.63, 3.8) is 0 Å². The number of ketones is 2. The Balaban J connectivity index is 0.000000176. The molecule has 1 N–H and O–H groups in total. The number of halogens is 2. The number of esters is 2. The number of hydrogen-bond acceptors (Lipinski definition) is 7. The van der Waals surface area contributed by atoms with Crippen LogP contribution in [0.25, 0.3) is 0 Å². The van der Waals surface area contributed by atoms with Crippen LogP contribution in [0.4, 0.5) is 0 Å². The summed E-state index contributed by atoms with van der Waals surface area (Å²) >= 11 is 11.6. The van der Waals surface area contributed by atoms with Crippen LogP contribution < -0.4 is 0 Å². The molecule has 0 aliphatic heterocycles. The molecule has 2 aliphatic rings. The molecule has 4 rings (SSSR count). The van der Waals surface area contributed by atoms with Crippen molar-refractivity contribution in [2.45, 2.75) is 18.4 Å². The first kappa shape index (κ1) is 22.9. The van der Waals surface area contributed by atoms with Crippen LogP contribution in [-0.4, -0.2) is 48.4 Å². The van der Waals surface area contributed by atoms with Crippen molar-refractivity contribution in [2.24, 2.45) is 5.92 Å². The first-order valence-electron chi connectivity index (χ1n) is 9.17. The molecule has 0 aromatic heterocycles. The van der Waals surface area contributed by atoms with Gasteiger partial charge in [0.15, 0.2) is 5.78 Å². The lowest BCUT2D eigenvalue weighted by Gasteiger charge is -2.16. The van der Waals surface area contributed by atoms with Gasteiger partial charge >= 0.3 is 11.9 Å². The minimum Gasteiger partial charge on any atom is -0.468 e. The van der Waals surface area contributed by atoms with Gasteiger partial charge in [0.05, 0.1) is 14.2 Å². The molecule has 0 saturated heterocycles. The Kier molecular flexibility index (Phi) is 6.50. The van der Waals surface area contributed by atoms with Gasteiger partial charge in [0.2, 0.25) is 11.4 Å². The van der Waals surface area contributed by atoms with Gasteiger partial charge in [0.1, 0.15) is 5.92 Å². The third-order valence-electron chi connectivity index (χ3n) is 5.22. The number of rotatable bonds is 2. The quantitative estimate of drug-likeness (QED) is 0.537. The largest absolute Gasteiger partial charge is 0.468 e. The van der Waals surface area contributed by atoms with Crippen LogP contribution in [0.15, 0.2) is 36.4 Å². The number of aliphatic hydroxyl groups is 1. The Bertz CT molecular complexity index is 1100. The van der Waals surface area contributed by atoms with Crippen molar-refractivity contribution >= 4 is 46.7 Å². The van der Waals surface area contributed by atoms with Crippen molar-refractivity contribution in [2.75, 3.05) is 14.2 Å². The number of hydrogen-bond donors (Lipinski definition) is 1. The van der Waals surface area contributed by atoms with Crippen LogP contribution >= 0.6 is 23.2 Å². The molecule has 0 amide bonds. The molecule has 2 aromatic rings. The second-order valence-electron chi connectivity index (χ2n) is 7.10. The number of methoxy groups -OCH3 is 2. The zero-order valence-electron chi connectivity index (χ0n) is 16.6. The number of ether oxygens (including phenoxy) is 2. The molecule has 0 spiro atoms. The molecule has 0 heterocycles. The van der Waals surface area contributed by atoms with Gasteiger partial charge in [-0.15, -0.1) is 0 Å². The monoisotopic (exact) mass is 464 g/mol. The summed E-state index contributed by atoms with van der Waals surface area (Å²) in [5.41, 5.74) is 0.183.